The Morgan fingerprint density at radius 3 is 2.88 bits per heavy atom. The summed E-state index contributed by atoms with van der Waals surface area (Å²) in [5.41, 5.74) is 0.779. The molecule has 0 aliphatic carbocycles. The molecule has 0 saturated carbocycles. The van der Waals surface area contributed by atoms with E-state index in [0.717, 1.165) is 0 Å². The maximum absolute atomic E-state index is 13.5. The first-order valence-corrected chi connectivity index (χ1v) is 6.09. The summed E-state index contributed by atoms with van der Waals surface area (Å²) >= 11 is 1.38. The fraction of sp³-hybridized carbons (Fsp3) is 0.333. The van der Waals surface area contributed by atoms with Gasteiger partial charge in [-0.2, -0.15) is 17.0 Å². The van der Waals surface area contributed by atoms with Gasteiger partial charge in [-0.3, -0.25) is 4.79 Å². The van der Waals surface area contributed by atoms with Gasteiger partial charge >= 0.3 is 5.97 Å². The summed E-state index contributed by atoms with van der Waals surface area (Å²) in [5, 5.41) is 17.1. The average molecular weight is 253 g/mol. The summed E-state index contributed by atoms with van der Waals surface area (Å²) in [4.78, 5) is 10.4. The van der Waals surface area contributed by atoms with Crippen LogP contribution in [0.4, 0.5) is 4.39 Å². The van der Waals surface area contributed by atoms with Crippen molar-refractivity contribution >= 4 is 17.7 Å². The highest BCUT2D eigenvalue weighted by Crippen LogP contribution is 2.22. The van der Waals surface area contributed by atoms with Crippen molar-refractivity contribution in [3.05, 3.63) is 35.1 Å². The van der Waals surface area contributed by atoms with Gasteiger partial charge in [0.1, 0.15) is 5.82 Å². The van der Waals surface area contributed by atoms with Crippen molar-refractivity contribution in [3.8, 4) is 6.07 Å². The van der Waals surface area contributed by atoms with Gasteiger partial charge in [0.25, 0.3) is 0 Å². The Hall–Kier alpha value is -1.54. The Kier molecular flexibility index (Phi) is 4.98. The maximum atomic E-state index is 13.5. The Labute approximate surface area is 103 Å². The Bertz CT molecular complexity index is 456. The number of halogens is 1. The monoisotopic (exact) mass is 253 g/mol. The molecule has 1 unspecified atom stereocenters. The van der Waals surface area contributed by atoms with Crippen LogP contribution in [0.25, 0.3) is 0 Å². The summed E-state index contributed by atoms with van der Waals surface area (Å²) in [6.07, 6.45) is 0.0581. The molecule has 90 valence electrons. The zero-order valence-electron chi connectivity index (χ0n) is 9.31. The van der Waals surface area contributed by atoms with Crippen LogP contribution < -0.4 is 0 Å². The molecule has 0 spiro atoms. The van der Waals surface area contributed by atoms with E-state index in [1.54, 1.807) is 19.1 Å². The van der Waals surface area contributed by atoms with E-state index in [2.05, 4.69) is 0 Å². The van der Waals surface area contributed by atoms with E-state index in [0.29, 0.717) is 11.3 Å². The molecule has 0 bridgehead atoms. The molecule has 0 amide bonds. The number of nitriles is 1. The van der Waals surface area contributed by atoms with Crippen LogP contribution in [-0.4, -0.2) is 16.3 Å². The molecule has 1 aromatic rings. The van der Waals surface area contributed by atoms with Crippen LogP contribution in [0, 0.1) is 17.1 Å². The number of carboxylic acid groups (broad SMARTS) is 1. The van der Waals surface area contributed by atoms with Crippen LogP contribution >= 0.6 is 11.8 Å². The number of carboxylic acids is 1. The Morgan fingerprint density at radius 2 is 2.35 bits per heavy atom. The first-order chi connectivity index (χ1) is 8.02. The fourth-order valence-electron chi connectivity index (χ4n) is 1.27. The molecular formula is C12H12FNO2S. The van der Waals surface area contributed by atoms with Gasteiger partial charge in [0.05, 0.1) is 18.1 Å². The molecular weight excluding hydrogens is 241 g/mol. The van der Waals surface area contributed by atoms with E-state index < -0.39 is 11.8 Å². The van der Waals surface area contributed by atoms with Crippen molar-refractivity contribution in [2.75, 3.05) is 0 Å². The van der Waals surface area contributed by atoms with Gasteiger partial charge in [-0.05, 0) is 17.7 Å². The predicted molar refractivity (Wildman–Crippen MR) is 64.1 cm³/mol. The molecule has 0 aliphatic rings. The topological polar surface area (TPSA) is 61.1 Å². The van der Waals surface area contributed by atoms with Crippen molar-refractivity contribution in [1.82, 2.24) is 0 Å². The summed E-state index contributed by atoms with van der Waals surface area (Å²) in [7, 11) is 0. The molecule has 0 fully saturated rings. The van der Waals surface area contributed by atoms with E-state index in [1.165, 1.54) is 17.8 Å². The van der Waals surface area contributed by atoms with E-state index in [1.807, 2.05) is 6.07 Å². The summed E-state index contributed by atoms with van der Waals surface area (Å²) in [5.74, 6) is -0.865. The highest BCUT2D eigenvalue weighted by Gasteiger charge is 2.10. The van der Waals surface area contributed by atoms with Crippen LogP contribution in [0.3, 0.4) is 0 Å². The van der Waals surface area contributed by atoms with Gasteiger partial charge in [-0.1, -0.05) is 13.0 Å². The number of benzene rings is 1. The van der Waals surface area contributed by atoms with Gasteiger partial charge in [0.15, 0.2) is 0 Å². The average Bonchev–Trinajstić information content (AvgIpc) is 2.26. The van der Waals surface area contributed by atoms with Crippen molar-refractivity contribution < 1.29 is 14.3 Å². The lowest BCUT2D eigenvalue weighted by atomic mass is 10.1. The lowest BCUT2D eigenvalue weighted by Crippen LogP contribution is -2.06. The molecule has 1 rings (SSSR count). The van der Waals surface area contributed by atoms with Gasteiger partial charge in [0, 0.05) is 11.0 Å². The standard InChI is InChI=1S/C12H12FNO2S/c1-8(4-12(15)16)17-7-10-3-2-9(6-14)5-11(10)13/h2-3,5,8H,4,7H2,1H3,(H,15,16). The number of hydrogen-bond acceptors (Lipinski definition) is 3. The van der Waals surface area contributed by atoms with Crippen LogP contribution in [0.5, 0.6) is 0 Å². The molecule has 0 heterocycles. The zero-order chi connectivity index (χ0) is 12.8. The van der Waals surface area contributed by atoms with Crippen molar-refractivity contribution in [2.24, 2.45) is 0 Å². The van der Waals surface area contributed by atoms with Gasteiger partial charge in [-0.15, -0.1) is 0 Å². The second-order valence-electron chi connectivity index (χ2n) is 3.64. The number of hydrogen-bond donors (Lipinski definition) is 1. The normalized spacial score (nSPS) is 11.8. The van der Waals surface area contributed by atoms with E-state index in [-0.39, 0.29) is 17.2 Å². The minimum atomic E-state index is -0.856. The second kappa shape index (κ2) is 6.26. The highest BCUT2D eigenvalue weighted by atomic mass is 32.2. The van der Waals surface area contributed by atoms with Crippen LogP contribution in [0.15, 0.2) is 18.2 Å². The molecule has 0 aliphatic heterocycles. The summed E-state index contributed by atoms with van der Waals surface area (Å²) in [6, 6.07) is 6.17. The summed E-state index contributed by atoms with van der Waals surface area (Å²) < 4.78 is 13.5. The highest BCUT2D eigenvalue weighted by molar-refractivity contribution is 7.99. The fourth-order valence-corrected chi connectivity index (χ4v) is 2.23. The molecule has 5 heteroatoms. The minimum Gasteiger partial charge on any atom is -0.481 e. The second-order valence-corrected chi connectivity index (χ2v) is 5.06. The molecule has 3 nitrogen and oxygen atoms in total. The van der Waals surface area contributed by atoms with Gasteiger partial charge < -0.3 is 5.11 Å². The first kappa shape index (κ1) is 13.5. The number of nitrogens with zero attached hydrogens (tertiary/aromatic N) is 1. The summed E-state index contributed by atoms with van der Waals surface area (Å²) in [6.45, 7) is 1.79. The first-order valence-electron chi connectivity index (χ1n) is 5.05. The van der Waals surface area contributed by atoms with Crippen molar-refractivity contribution in [3.63, 3.8) is 0 Å². The van der Waals surface area contributed by atoms with Gasteiger partial charge in [0.2, 0.25) is 0 Å². The largest absolute Gasteiger partial charge is 0.481 e. The Morgan fingerprint density at radius 1 is 1.65 bits per heavy atom. The molecule has 17 heavy (non-hydrogen) atoms. The lowest BCUT2D eigenvalue weighted by molar-refractivity contribution is -0.136. The molecule has 0 saturated heterocycles. The number of thioether (sulfide) groups is 1. The van der Waals surface area contributed by atoms with Crippen molar-refractivity contribution in [1.29, 1.82) is 5.26 Å². The SMILES string of the molecule is CC(CC(=O)O)SCc1ccc(C#N)cc1F. The molecule has 1 atom stereocenters. The van der Waals surface area contributed by atoms with E-state index in [4.69, 9.17) is 10.4 Å². The third kappa shape index (κ3) is 4.45. The van der Waals surface area contributed by atoms with Crippen LogP contribution in [0.2, 0.25) is 0 Å². The minimum absolute atomic E-state index is 0.0581. The zero-order valence-corrected chi connectivity index (χ0v) is 10.1. The Balaban J connectivity index is 2.58. The van der Waals surface area contributed by atoms with Crippen LogP contribution in [0.1, 0.15) is 24.5 Å². The third-order valence-electron chi connectivity index (χ3n) is 2.17. The molecule has 0 aromatic heterocycles. The number of rotatable bonds is 5. The molecule has 0 radical (unpaired) electrons. The smallest absolute Gasteiger partial charge is 0.304 e. The molecule has 1 N–H and O–H groups in total. The number of aliphatic carboxylic acids is 1. The number of carbonyl (C=O) groups is 1. The van der Waals surface area contributed by atoms with E-state index >= 15 is 0 Å². The van der Waals surface area contributed by atoms with Crippen molar-refractivity contribution in [2.45, 2.75) is 24.3 Å². The predicted octanol–water partition coefficient (Wildman–Crippen LogP) is 2.79. The van der Waals surface area contributed by atoms with Crippen LogP contribution in [-0.2, 0) is 10.5 Å². The quantitative estimate of drug-likeness (QED) is 0.876. The van der Waals surface area contributed by atoms with Gasteiger partial charge in [-0.25, -0.2) is 4.39 Å². The third-order valence-corrected chi connectivity index (χ3v) is 3.38. The molecule has 1 aromatic carbocycles. The van der Waals surface area contributed by atoms with E-state index in [9.17, 15) is 9.18 Å². The maximum Gasteiger partial charge on any atom is 0.304 e. The lowest BCUT2D eigenvalue weighted by Gasteiger charge is -2.09.